The maximum atomic E-state index is 14.1. The van der Waals surface area contributed by atoms with Crippen LogP contribution in [0.4, 0.5) is 15.0 Å². The van der Waals surface area contributed by atoms with Crippen LogP contribution >= 0.6 is 0 Å². The van der Waals surface area contributed by atoms with E-state index in [9.17, 15) is 14.3 Å². The number of hydrogen-bond acceptors (Lipinski definition) is 7. The summed E-state index contributed by atoms with van der Waals surface area (Å²) in [6.45, 7) is 4.70. The Morgan fingerprint density at radius 2 is 2.06 bits per heavy atom. The molecule has 4 saturated heterocycles. The van der Waals surface area contributed by atoms with Crippen LogP contribution in [0.25, 0.3) is 0 Å². The van der Waals surface area contributed by atoms with E-state index in [1.54, 1.807) is 4.90 Å². The summed E-state index contributed by atoms with van der Waals surface area (Å²) in [4.78, 5) is 27.4. The molecule has 10 heteroatoms. The van der Waals surface area contributed by atoms with E-state index >= 15 is 0 Å². The first-order chi connectivity index (χ1) is 15.5. The molecule has 9 nitrogen and oxygen atoms in total. The van der Waals surface area contributed by atoms with Gasteiger partial charge in [0, 0.05) is 38.2 Å². The summed E-state index contributed by atoms with van der Waals surface area (Å²) in [5.41, 5.74) is 1.87. The third-order valence-corrected chi connectivity index (χ3v) is 8.13. The van der Waals surface area contributed by atoms with E-state index in [1.807, 2.05) is 0 Å². The molecule has 0 saturated carbocycles. The zero-order valence-corrected chi connectivity index (χ0v) is 18.3. The first-order valence-electron chi connectivity index (χ1n) is 11.9. The van der Waals surface area contributed by atoms with Crippen molar-refractivity contribution in [2.24, 2.45) is 0 Å². The zero-order valence-electron chi connectivity index (χ0n) is 18.3. The molecule has 4 atom stereocenters. The molecule has 6 rings (SSSR count). The number of ether oxygens (including phenoxy) is 1. The fourth-order valence-electron chi connectivity index (χ4n) is 6.68. The molecule has 2 N–H and O–H groups in total. The Labute approximate surface area is 186 Å². The molecule has 6 heterocycles. The number of carboxylic acid groups (broad SMARTS) is 1. The number of rotatable bonds is 4. The molecule has 1 amide bonds. The van der Waals surface area contributed by atoms with Gasteiger partial charge in [0.2, 0.25) is 0 Å². The average molecular weight is 447 g/mol. The van der Waals surface area contributed by atoms with Crippen molar-refractivity contribution in [3.63, 3.8) is 0 Å². The van der Waals surface area contributed by atoms with Gasteiger partial charge in [-0.25, -0.2) is 9.18 Å². The van der Waals surface area contributed by atoms with Crippen LogP contribution in [0.15, 0.2) is 0 Å². The van der Waals surface area contributed by atoms with Crippen molar-refractivity contribution in [1.29, 1.82) is 0 Å². The van der Waals surface area contributed by atoms with Crippen LogP contribution in [-0.4, -0.2) is 94.1 Å². The van der Waals surface area contributed by atoms with Crippen LogP contribution in [0, 0.1) is 0 Å². The van der Waals surface area contributed by atoms with Gasteiger partial charge in [-0.1, -0.05) is 0 Å². The first-order valence-corrected chi connectivity index (χ1v) is 11.9. The van der Waals surface area contributed by atoms with E-state index in [-0.39, 0.29) is 17.6 Å². The molecule has 1 aromatic rings. The first kappa shape index (κ1) is 20.4. The number of halogens is 1. The summed E-state index contributed by atoms with van der Waals surface area (Å²) in [5, 5.41) is 13.0. The summed E-state index contributed by atoms with van der Waals surface area (Å²) in [7, 11) is 0. The smallest absolute Gasteiger partial charge is 0.407 e. The molecule has 32 heavy (non-hydrogen) atoms. The molecule has 4 fully saturated rings. The number of fused-ring (bicyclic) bond motifs is 4. The van der Waals surface area contributed by atoms with E-state index in [0.717, 1.165) is 62.3 Å². The highest BCUT2D eigenvalue weighted by atomic mass is 19.1. The van der Waals surface area contributed by atoms with Crippen molar-refractivity contribution < 1.29 is 19.0 Å². The number of aromatic nitrogens is 2. The van der Waals surface area contributed by atoms with E-state index in [4.69, 9.17) is 14.7 Å². The van der Waals surface area contributed by atoms with Gasteiger partial charge in [0.1, 0.15) is 18.6 Å². The van der Waals surface area contributed by atoms with Crippen LogP contribution in [0.3, 0.4) is 0 Å². The molecule has 0 radical (unpaired) electrons. The Morgan fingerprint density at radius 3 is 2.84 bits per heavy atom. The third-order valence-electron chi connectivity index (χ3n) is 8.13. The molecule has 1 aromatic heterocycles. The predicted octanol–water partition coefficient (Wildman–Crippen LogP) is 1.41. The minimum atomic E-state index is -0.821. The van der Waals surface area contributed by atoms with Gasteiger partial charge in [-0.05, 0) is 45.2 Å². The Kier molecular flexibility index (Phi) is 4.90. The lowest BCUT2D eigenvalue weighted by Gasteiger charge is -2.41. The van der Waals surface area contributed by atoms with E-state index < -0.39 is 12.3 Å². The van der Waals surface area contributed by atoms with Crippen LogP contribution in [-0.2, 0) is 13.0 Å². The van der Waals surface area contributed by atoms with Gasteiger partial charge in [-0.2, -0.15) is 9.97 Å². The van der Waals surface area contributed by atoms with Crippen LogP contribution in [0.1, 0.15) is 43.4 Å². The van der Waals surface area contributed by atoms with Crippen LogP contribution in [0.2, 0.25) is 0 Å². The standard InChI is InChI=1S/C22H31FN6O3/c23-14-8-22(5-1-7-28(22)10-14)13-32-20-25-18-9-24-6-4-17(18)19(26-20)27-11-15-2-3-16(12-27)29(15)21(30)31/h14-16,24H,1-13H2,(H,30,31)/t14?,15-,16+,22?. The number of nitrogens with one attached hydrogen (secondary N) is 1. The van der Waals surface area contributed by atoms with Crippen molar-refractivity contribution in [1.82, 2.24) is 25.1 Å². The van der Waals surface area contributed by atoms with Gasteiger partial charge >= 0.3 is 12.1 Å². The lowest BCUT2D eigenvalue weighted by molar-refractivity contribution is 0.106. The number of anilines is 1. The highest BCUT2D eigenvalue weighted by Crippen LogP contribution is 2.41. The zero-order chi connectivity index (χ0) is 21.9. The number of alkyl halides is 1. The number of hydrogen-bond donors (Lipinski definition) is 2. The molecule has 5 aliphatic rings. The number of nitrogens with zero attached hydrogens (tertiary/aromatic N) is 5. The number of carbonyl (C=O) groups is 1. The Morgan fingerprint density at radius 1 is 1.25 bits per heavy atom. The van der Waals surface area contributed by atoms with Crippen molar-refractivity contribution >= 4 is 11.9 Å². The molecular weight excluding hydrogens is 415 g/mol. The van der Waals surface area contributed by atoms with Gasteiger partial charge in [0.25, 0.3) is 0 Å². The van der Waals surface area contributed by atoms with Gasteiger partial charge in [0.05, 0.1) is 23.3 Å². The molecule has 0 aliphatic carbocycles. The lowest BCUT2D eigenvalue weighted by atomic mass is 9.95. The quantitative estimate of drug-likeness (QED) is 0.717. The third kappa shape index (κ3) is 3.30. The molecule has 0 spiro atoms. The van der Waals surface area contributed by atoms with E-state index in [1.165, 1.54) is 0 Å². The largest absolute Gasteiger partial charge is 0.465 e. The topological polar surface area (TPSA) is 94.1 Å². The fourth-order valence-corrected chi connectivity index (χ4v) is 6.68. The van der Waals surface area contributed by atoms with Crippen molar-refractivity contribution in [3.05, 3.63) is 11.3 Å². The number of amides is 1. The summed E-state index contributed by atoms with van der Waals surface area (Å²) in [5.74, 6) is 0.893. The van der Waals surface area contributed by atoms with Gasteiger partial charge in [-0.15, -0.1) is 0 Å². The van der Waals surface area contributed by atoms with Crippen LogP contribution < -0.4 is 15.0 Å². The second kappa shape index (κ2) is 7.69. The predicted molar refractivity (Wildman–Crippen MR) is 115 cm³/mol. The second-order valence-electron chi connectivity index (χ2n) is 10.0. The molecule has 2 bridgehead atoms. The molecule has 0 aromatic carbocycles. The van der Waals surface area contributed by atoms with Gasteiger partial charge < -0.3 is 20.1 Å². The summed E-state index contributed by atoms with van der Waals surface area (Å²) < 4.78 is 20.3. The van der Waals surface area contributed by atoms with Crippen LogP contribution in [0.5, 0.6) is 6.01 Å². The van der Waals surface area contributed by atoms with Crippen molar-refractivity contribution in [2.45, 2.75) is 68.9 Å². The van der Waals surface area contributed by atoms with Gasteiger partial charge in [0.15, 0.2) is 0 Å². The fraction of sp³-hybridized carbons (Fsp3) is 0.773. The highest BCUT2D eigenvalue weighted by Gasteiger charge is 2.49. The molecule has 5 aliphatic heterocycles. The monoisotopic (exact) mass is 446 g/mol. The Balaban J connectivity index is 1.26. The molecular formula is C22H31FN6O3. The summed E-state index contributed by atoms with van der Waals surface area (Å²) in [6.07, 6.45) is 3.58. The lowest BCUT2D eigenvalue weighted by Crippen LogP contribution is -2.56. The molecule has 2 unspecified atom stereocenters. The summed E-state index contributed by atoms with van der Waals surface area (Å²) >= 11 is 0. The second-order valence-corrected chi connectivity index (χ2v) is 10.0. The Bertz CT molecular complexity index is 904. The Hall–Kier alpha value is -2.20. The normalized spacial score (nSPS) is 34.0. The van der Waals surface area contributed by atoms with E-state index in [2.05, 4.69) is 15.1 Å². The van der Waals surface area contributed by atoms with Crippen molar-refractivity contribution in [3.8, 4) is 6.01 Å². The van der Waals surface area contributed by atoms with Gasteiger partial charge in [-0.3, -0.25) is 9.80 Å². The average Bonchev–Trinajstić information content (AvgIpc) is 3.39. The summed E-state index contributed by atoms with van der Waals surface area (Å²) in [6, 6.07) is 0.377. The number of piperazine rings is 1. The van der Waals surface area contributed by atoms with E-state index in [0.29, 0.717) is 45.2 Å². The maximum absolute atomic E-state index is 14.1. The minimum Gasteiger partial charge on any atom is -0.465 e. The maximum Gasteiger partial charge on any atom is 0.407 e. The SMILES string of the molecule is O=C(O)N1[C@@H]2CC[C@H]1CN(c1nc(OCC34CCCN3CC(F)C4)nc3c1CCNC3)C2. The molecule has 174 valence electrons. The minimum absolute atomic E-state index is 0.00821. The highest BCUT2D eigenvalue weighted by molar-refractivity contribution is 5.67. The van der Waals surface area contributed by atoms with Crippen molar-refractivity contribution in [2.75, 3.05) is 44.2 Å².